The molecule has 1 heterocycles. The highest BCUT2D eigenvalue weighted by atomic mass is 16.3. The van der Waals surface area contributed by atoms with Gasteiger partial charge in [0.2, 0.25) is 0 Å². The van der Waals surface area contributed by atoms with Crippen LogP contribution in [0.4, 0.5) is 0 Å². The van der Waals surface area contributed by atoms with E-state index in [0.29, 0.717) is 29.7 Å². The van der Waals surface area contributed by atoms with Gasteiger partial charge in [-0.05, 0) is 59.4 Å². The second-order valence-electron chi connectivity index (χ2n) is 7.46. The van der Waals surface area contributed by atoms with Crippen LogP contribution in [0.2, 0.25) is 0 Å². The Balaban J connectivity index is 2.46. The molecule has 1 aliphatic heterocycles. The summed E-state index contributed by atoms with van der Waals surface area (Å²) in [6.07, 6.45) is 0. The molecule has 0 saturated heterocycles. The minimum atomic E-state index is 0.338. The van der Waals surface area contributed by atoms with Crippen LogP contribution in [0.15, 0.2) is 18.2 Å². The Labute approximate surface area is 133 Å². The molecule has 0 unspecified atom stereocenters. The molecular weight excluding hydrogens is 270 g/mol. The monoisotopic (exact) mass is 297 g/mol. The van der Waals surface area contributed by atoms with Gasteiger partial charge in [-0.2, -0.15) is 0 Å². The molecule has 2 aromatic rings. The van der Waals surface area contributed by atoms with E-state index >= 15 is 0 Å². The van der Waals surface area contributed by atoms with E-state index in [1.165, 1.54) is 27.6 Å². The van der Waals surface area contributed by atoms with E-state index in [1.54, 1.807) is 0 Å². The van der Waals surface area contributed by atoms with Crippen LogP contribution in [0.3, 0.4) is 0 Å². The normalized spacial score (nSPS) is 21.1. The quantitative estimate of drug-likeness (QED) is 0.802. The van der Waals surface area contributed by atoms with Crippen molar-refractivity contribution in [1.82, 2.24) is 5.32 Å². The van der Waals surface area contributed by atoms with Crippen LogP contribution in [0.1, 0.15) is 62.0 Å². The third kappa shape index (κ3) is 2.13. The summed E-state index contributed by atoms with van der Waals surface area (Å²) in [5.74, 6) is 1.44. The molecule has 0 amide bonds. The van der Waals surface area contributed by atoms with Gasteiger partial charge in [-0.3, -0.25) is 0 Å². The van der Waals surface area contributed by atoms with Gasteiger partial charge in [0.05, 0.1) is 0 Å². The molecule has 2 N–H and O–H groups in total. The van der Waals surface area contributed by atoms with Gasteiger partial charge in [-0.25, -0.2) is 0 Å². The maximum atomic E-state index is 10.4. The minimum absolute atomic E-state index is 0.338. The highest BCUT2D eigenvalue weighted by Gasteiger charge is 2.34. The van der Waals surface area contributed by atoms with Crippen LogP contribution in [0.25, 0.3) is 10.8 Å². The lowest BCUT2D eigenvalue weighted by atomic mass is 9.77. The van der Waals surface area contributed by atoms with Crippen molar-refractivity contribution in [3.8, 4) is 5.75 Å². The molecule has 3 rings (SSSR count). The predicted molar refractivity (Wildman–Crippen MR) is 93.4 cm³/mol. The highest BCUT2D eigenvalue weighted by Crippen LogP contribution is 2.46. The summed E-state index contributed by atoms with van der Waals surface area (Å²) < 4.78 is 0. The Kier molecular flexibility index (Phi) is 3.68. The van der Waals surface area contributed by atoms with Crippen molar-refractivity contribution in [3.05, 3.63) is 40.5 Å². The van der Waals surface area contributed by atoms with Crippen LogP contribution in [-0.2, 0) is 0 Å². The van der Waals surface area contributed by atoms with Gasteiger partial charge in [-0.15, -0.1) is 0 Å². The number of phenols is 1. The Morgan fingerprint density at radius 1 is 0.909 bits per heavy atom. The van der Waals surface area contributed by atoms with Crippen LogP contribution >= 0.6 is 0 Å². The summed E-state index contributed by atoms with van der Waals surface area (Å²) in [5, 5.41) is 16.6. The molecule has 1 aliphatic rings. The molecular formula is C20H27NO. The van der Waals surface area contributed by atoms with Crippen LogP contribution < -0.4 is 5.32 Å². The fraction of sp³-hybridized carbons (Fsp3) is 0.500. The number of nitrogens with one attached hydrogen (secondary N) is 1. The number of hydrogen-bond donors (Lipinski definition) is 2. The smallest absolute Gasteiger partial charge is 0.123 e. The first-order valence-electron chi connectivity index (χ1n) is 8.34. The molecule has 0 aromatic heterocycles. The number of hydrogen-bond acceptors (Lipinski definition) is 2. The Bertz CT molecular complexity index is 710. The number of aryl methyl sites for hydroxylation is 2. The van der Waals surface area contributed by atoms with Gasteiger partial charge in [0.1, 0.15) is 5.75 Å². The summed E-state index contributed by atoms with van der Waals surface area (Å²) in [6, 6.07) is 6.81. The molecule has 2 aromatic carbocycles. The van der Waals surface area contributed by atoms with E-state index in [0.717, 1.165) is 5.39 Å². The lowest BCUT2D eigenvalue weighted by molar-refractivity contribution is 0.306. The molecule has 0 aliphatic carbocycles. The van der Waals surface area contributed by atoms with Crippen molar-refractivity contribution in [1.29, 1.82) is 0 Å². The first-order valence-corrected chi connectivity index (χ1v) is 8.34. The number of benzene rings is 2. The average Bonchev–Trinajstić information content (AvgIpc) is 2.44. The van der Waals surface area contributed by atoms with Gasteiger partial charge < -0.3 is 10.4 Å². The summed E-state index contributed by atoms with van der Waals surface area (Å²) in [5.41, 5.74) is 5.24. The van der Waals surface area contributed by atoms with Crippen molar-refractivity contribution in [2.45, 2.75) is 53.6 Å². The largest absolute Gasteiger partial charge is 0.507 e. The summed E-state index contributed by atoms with van der Waals surface area (Å²) in [7, 11) is 0. The van der Waals surface area contributed by atoms with Crippen molar-refractivity contribution >= 4 is 10.8 Å². The minimum Gasteiger partial charge on any atom is -0.507 e. The lowest BCUT2D eigenvalue weighted by Gasteiger charge is -2.39. The third-order valence-electron chi connectivity index (χ3n) is 5.10. The lowest BCUT2D eigenvalue weighted by Crippen LogP contribution is -2.37. The van der Waals surface area contributed by atoms with E-state index in [4.69, 9.17) is 0 Å². The Morgan fingerprint density at radius 2 is 1.45 bits per heavy atom. The zero-order valence-corrected chi connectivity index (χ0v) is 14.5. The summed E-state index contributed by atoms with van der Waals surface area (Å²) in [4.78, 5) is 0. The standard InChI is InChI=1S/C20H27NO/c1-10(2)19-16-12(5)7-8-14-15(22)9-13(6)17(18(14)16)20(21-19)11(3)4/h7-11,19-22H,1-6H3/t19-,20-/m0/s1. The molecule has 118 valence electrons. The Morgan fingerprint density at radius 3 is 2.00 bits per heavy atom. The van der Waals surface area contributed by atoms with Gasteiger partial charge >= 0.3 is 0 Å². The average molecular weight is 297 g/mol. The molecule has 22 heavy (non-hydrogen) atoms. The van der Waals surface area contributed by atoms with Crippen molar-refractivity contribution in [2.24, 2.45) is 11.8 Å². The highest BCUT2D eigenvalue weighted by molar-refractivity contribution is 5.96. The fourth-order valence-electron chi connectivity index (χ4n) is 4.00. The van der Waals surface area contributed by atoms with Gasteiger partial charge in [0.25, 0.3) is 0 Å². The maximum absolute atomic E-state index is 10.4. The zero-order valence-electron chi connectivity index (χ0n) is 14.5. The molecule has 0 radical (unpaired) electrons. The molecule has 2 atom stereocenters. The van der Waals surface area contributed by atoms with Gasteiger partial charge in [0.15, 0.2) is 0 Å². The molecule has 0 saturated carbocycles. The SMILES string of the molecule is Cc1ccc2c(O)cc(C)c3c2c1[C@H](C(C)C)N[C@H]3C(C)C. The summed E-state index contributed by atoms with van der Waals surface area (Å²) in [6.45, 7) is 13.4. The molecule has 2 nitrogen and oxygen atoms in total. The third-order valence-corrected chi connectivity index (χ3v) is 5.10. The van der Waals surface area contributed by atoms with Crippen LogP contribution in [-0.4, -0.2) is 5.11 Å². The number of rotatable bonds is 2. The van der Waals surface area contributed by atoms with E-state index in [9.17, 15) is 5.11 Å². The van der Waals surface area contributed by atoms with E-state index in [2.05, 4.69) is 59.0 Å². The van der Waals surface area contributed by atoms with Crippen molar-refractivity contribution in [2.75, 3.05) is 0 Å². The topological polar surface area (TPSA) is 32.3 Å². The van der Waals surface area contributed by atoms with E-state index < -0.39 is 0 Å². The fourth-order valence-corrected chi connectivity index (χ4v) is 4.00. The number of aromatic hydroxyl groups is 1. The van der Waals surface area contributed by atoms with Crippen molar-refractivity contribution < 1.29 is 5.11 Å². The second kappa shape index (κ2) is 5.27. The molecule has 0 bridgehead atoms. The first-order chi connectivity index (χ1) is 10.3. The van der Waals surface area contributed by atoms with Crippen molar-refractivity contribution in [3.63, 3.8) is 0 Å². The molecule has 2 heteroatoms. The number of phenolic OH excluding ortho intramolecular Hbond substituents is 1. The molecule has 0 fully saturated rings. The zero-order chi connectivity index (χ0) is 16.2. The predicted octanol–water partition coefficient (Wildman–Crippen LogP) is 5.16. The molecule has 0 spiro atoms. The summed E-state index contributed by atoms with van der Waals surface area (Å²) >= 11 is 0. The van der Waals surface area contributed by atoms with E-state index in [-0.39, 0.29) is 0 Å². The Hall–Kier alpha value is -1.54. The van der Waals surface area contributed by atoms with Crippen LogP contribution in [0.5, 0.6) is 5.75 Å². The maximum Gasteiger partial charge on any atom is 0.123 e. The first kappa shape index (κ1) is 15.4. The van der Waals surface area contributed by atoms with E-state index in [1.807, 2.05) is 6.07 Å². The second-order valence-corrected chi connectivity index (χ2v) is 7.46. The van der Waals surface area contributed by atoms with Crippen LogP contribution in [0, 0.1) is 25.7 Å². The van der Waals surface area contributed by atoms with Gasteiger partial charge in [0, 0.05) is 17.5 Å². The van der Waals surface area contributed by atoms with Gasteiger partial charge in [-0.1, -0.05) is 39.8 Å².